The van der Waals surface area contributed by atoms with E-state index in [0.717, 1.165) is 109 Å². The number of aryl methyl sites for hydroxylation is 4. The monoisotopic (exact) mass is 2070 g/mol. The van der Waals surface area contributed by atoms with E-state index in [1.165, 1.54) is 104 Å². The highest BCUT2D eigenvalue weighted by Crippen LogP contribution is 2.78. The molecule has 5 aliphatic carbocycles. The summed E-state index contributed by atoms with van der Waals surface area (Å²) in [4.78, 5) is 66.1. The Kier molecular flexibility index (Phi) is 21.2. The smallest absolute Gasteiger partial charge is 0.236 e. The van der Waals surface area contributed by atoms with Crippen molar-refractivity contribution in [3.63, 3.8) is 0 Å². The Hall–Kier alpha value is -12.2. The number of benzene rings is 15. The Morgan fingerprint density at radius 2 is 0.406 bits per heavy atom. The quantitative estimate of drug-likeness (QED) is 0.0866. The van der Waals surface area contributed by atoms with Crippen molar-refractivity contribution < 1.29 is 41.5 Å². The summed E-state index contributed by atoms with van der Waals surface area (Å²) >= 11 is 17.7. The molecular weight excluding hydrogens is 1990 g/mol. The molecule has 5 unspecified atom stereocenters. The number of hydrogen-bond donors (Lipinski definition) is 5. The van der Waals surface area contributed by atoms with Gasteiger partial charge in [0.05, 0.1) is 27.1 Å². The maximum Gasteiger partial charge on any atom is 0.236 e. The standard InChI is InChI=1S/2C24H20BrNO.2C22H14BrF2NO.C22H16BrNO/c1-15-3-7-17(8-4-15)23(18-9-5-16(2)6-10-18)14-24(23)20-13-19(25)11-12-21(20)26-22(24)27;1-15-5-3-7-17(11-15)23(18-8-4-6-16(2)12-18)14-24(23)20-13-19(25)9-10-21(20)26-22(24)27;23-15-5-10-19-18(11-15)22(20(27)26-19)12-21(22,13-1-6-16(24)7-2-13)14-3-8-17(25)9-4-14;23-15-7-8-19-18(11-15)22(20(27)26-19)12-21(22,13-3-1-5-16(24)9-13)14-4-2-6-17(25)10-14;23-17-11-12-19-18(13-17)22(20(25)24-19)14-21(22,15-7-3-1-4-8-15)16-9-5-2-6-10-16/h2*3-13H,14H2,1-2H3,(H,26,27);2*1-11H,12H2,(H,26,27);1-13H,14H2,(H,24,25). The number of hydrogen-bond acceptors (Lipinski definition) is 5. The fraction of sp³-hybridized carbons (Fsp3) is 0.167. The van der Waals surface area contributed by atoms with E-state index in [0.29, 0.717) is 24.0 Å². The van der Waals surface area contributed by atoms with Crippen LogP contribution in [0, 0.1) is 51.0 Å². The number of halogens is 9. The molecule has 0 radical (unpaired) electrons. The lowest BCUT2D eigenvalue weighted by molar-refractivity contribution is -0.119. The summed E-state index contributed by atoms with van der Waals surface area (Å²) < 4.78 is 60.0. The molecule has 5 spiro atoms. The SMILES string of the molecule is Cc1ccc(C2(c3ccc(C)cc3)CC23C(=O)Nc2ccc(Br)cc23)cc1.Cc1cccc(C2(c3cccc(C)c3)CC23C(=O)Nc2ccc(Br)cc23)c1.O=C1Nc2ccc(Br)cc2C12CC2(c1ccc(F)cc1)c1ccc(F)cc1.O=C1Nc2ccc(Br)cc2C12CC2(c1cccc(F)c1)c1cccc(F)c1.O=C1Nc2ccc(Br)cc2C12CC2(c1ccccc1)c1ccccc1. The van der Waals surface area contributed by atoms with Crippen molar-refractivity contribution in [3.05, 3.63) is 497 Å². The summed E-state index contributed by atoms with van der Waals surface area (Å²) in [6.07, 6.45) is 3.39. The van der Waals surface area contributed by atoms with Gasteiger partial charge in [-0.2, -0.15) is 0 Å². The number of carbonyl (C=O) groups is 5. The van der Waals surface area contributed by atoms with Crippen molar-refractivity contribution in [2.45, 2.75) is 114 Å². The molecule has 15 aromatic rings. The second kappa shape index (κ2) is 32.3. The minimum Gasteiger partial charge on any atom is -0.325 e. The average molecular weight is 2080 g/mol. The number of fused-ring (bicyclic) bond motifs is 10. The number of nitrogens with one attached hydrogen (secondary N) is 5. The molecule has 10 aliphatic rings. The Bertz CT molecular complexity index is 6800. The van der Waals surface area contributed by atoms with Crippen LogP contribution in [-0.2, 0) is 78.1 Å². The van der Waals surface area contributed by atoms with Gasteiger partial charge in [0.2, 0.25) is 29.5 Å². The fourth-order valence-corrected chi connectivity index (χ4v) is 25.5. The lowest BCUT2D eigenvalue weighted by Gasteiger charge is -2.24. The van der Waals surface area contributed by atoms with E-state index in [1.807, 2.05) is 97.1 Å². The van der Waals surface area contributed by atoms with Crippen LogP contribution in [0.2, 0.25) is 0 Å². The molecule has 5 saturated carbocycles. The molecule has 25 rings (SSSR count). The van der Waals surface area contributed by atoms with Crippen LogP contribution in [0.25, 0.3) is 0 Å². The van der Waals surface area contributed by atoms with Crippen LogP contribution in [0.5, 0.6) is 0 Å². The van der Waals surface area contributed by atoms with Crippen LogP contribution >= 0.6 is 79.6 Å². The summed E-state index contributed by atoms with van der Waals surface area (Å²) in [5.74, 6) is -1.31. The van der Waals surface area contributed by atoms with E-state index in [1.54, 1.807) is 36.4 Å². The molecule has 0 bridgehead atoms. The lowest BCUT2D eigenvalue weighted by Crippen LogP contribution is -2.30. The molecule has 658 valence electrons. The molecule has 5 heterocycles. The van der Waals surface area contributed by atoms with E-state index in [9.17, 15) is 41.5 Å². The Balaban J connectivity index is 0.000000100. The van der Waals surface area contributed by atoms with Gasteiger partial charge in [0.15, 0.2) is 0 Å². The van der Waals surface area contributed by atoms with Gasteiger partial charge in [0.25, 0.3) is 0 Å². The highest BCUT2D eigenvalue weighted by Gasteiger charge is 2.81. The molecule has 5 aliphatic heterocycles. The Morgan fingerprint density at radius 1 is 0.195 bits per heavy atom. The normalized spacial score (nSPS) is 21.9. The third-order valence-corrected chi connectivity index (χ3v) is 32.5. The summed E-state index contributed by atoms with van der Waals surface area (Å²) in [6, 6.07) is 110. The van der Waals surface area contributed by atoms with Gasteiger partial charge in [-0.3, -0.25) is 24.0 Å². The maximum atomic E-state index is 14.1. The minimum absolute atomic E-state index is 0.0794. The number of carbonyl (C=O) groups excluding carboxylic acids is 5. The van der Waals surface area contributed by atoms with Crippen molar-refractivity contribution >= 4 is 138 Å². The minimum atomic E-state index is -0.881. The van der Waals surface area contributed by atoms with Gasteiger partial charge in [0, 0.05) is 77.9 Å². The van der Waals surface area contributed by atoms with Crippen LogP contribution in [-0.4, -0.2) is 29.5 Å². The number of anilines is 5. The molecule has 0 saturated heterocycles. The first kappa shape index (κ1) is 87.4. The first-order valence-corrected chi connectivity index (χ1v) is 48.1. The molecule has 133 heavy (non-hydrogen) atoms. The molecule has 5 amide bonds. The predicted octanol–water partition coefficient (Wildman–Crippen LogP) is 26.9. The first-order chi connectivity index (χ1) is 64.1. The van der Waals surface area contributed by atoms with Gasteiger partial charge < -0.3 is 26.6 Å². The van der Waals surface area contributed by atoms with Crippen LogP contribution in [0.3, 0.4) is 0 Å². The van der Waals surface area contributed by atoms with Gasteiger partial charge in [-0.05, 0) is 283 Å². The lowest BCUT2D eigenvalue weighted by atomic mass is 9.77. The zero-order valence-electron chi connectivity index (χ0n) is 72.4. The van der Waals surface area contributed by atoms with Crippen molar-refractivity contribution in [2.24, 2.45) is 0 Å². The fourth-order valence-electron chi connectivity index (χ4n) is 23.7. The second-order valence-corrected chi connectivity index (χ2v) is 41.5. The first-order valence-electron chi connectivity index (χ1n) is 44.1. The maximum absolute atomic E-state index is 14.1. The molecular formula is C114H84Br5F4N5O5. The molecule has 5 fully saturated rings. The van der Waals surface area contributed by atoms with Gasteiger partial charge in [-0.25, -0.2) is 17.6 Å². The van der Waals surface area contributed by atoms with Crippen molar-refractivity contribution in [1.29, 1.82) is 0 Å². The van der Waals surface area contributed by atoms with E-state index < -0.39 is 37.9 Å². The average Bonchev–Trinajstić information content (AvgIpc) is 1.48. The Labute approximate surface area is 810 Å². The molecule has 15 aromatic carbocycles. The van der Waals surface area contributed by atoms with Gasteiger partial charge >= 0.3 is 0 Å². The van der Waals surface area contributed by atoms with E-state index in [4.69, 9.17) is 0 Å². The third-order valence-electron chi connectivity index (χ3n) is 30.0. The van der Waals surface area contributed by atoms with E-state index in [-0.39, 0.29) is 69.0 Å². The van der Waals surface area contributed by atoms with Crippen molar-refractivity contribution in [3.8, 4) is 0 Å². The van der Waals surface area contributed by atoms with E-state index in [2.05, 4.69) is 298 Å². The molecule has 10 nitrogen and oxygen atoms in total. The van der Waals surface area contributed by atoms with Crippen molar-refractivity contribution in [2.75, 3.05) is 26.6 Å². The molecule has 0 aromatic heterocycles. The highest BCUT2D eigenvalue weighted by atomic mass is 79.9. The number of rotatable bonds is 10. The zero-order chi connectivity index (χ0) is 92.3. The van der Waals surface area contributed by atoms with E-state index >= 15 is 0 Å². The van der Waals surface area contributed by atoms with Crippen LogP contribution < -0.4 is 26.6 Å². The third kappa shape index (κ3) is 13.3. The Morgan fingerprint density at radius 3 is 0.647 bits per heavy atom. The number of amides is 5. The second-order valence-electron chi connectivity index (χ2n) is 36.9. The largest absolute Gasteiger partial charge is 0.325 e. The summed E-state index contributed by atoms with van der Waals surface area (Å²) in [5, 5.41) is 15.3. The topological polar surface area (TPSA) is 146 Å². The predicted molar refractivity (Wildman–Crippen MR) is 532 cm³/mol. The summed E-state index contributed by atoms with van der Waals surface area (Å²) in [7, 11) is 0. The highest BCUT2D eigenvalue weighted by molar-refractivity contribution is 9.11. The zero-order valence-corrected chi connectivity index (χ0v) is 80.3. The molecule has 5 atom stereocenters. The molecule has 5 N–H and O–H groups in total. The molecule has 19 heteroatoms. The summed E-state index contributed by atoms with van der Waals surface area (Å²) in [6.45, 7) is 8.42. The van der Waals surface area contributed by atoms with Crippen LogP contribution in [0.1, 0.15) is 138 Å². The summed E-state index contributed by atoms with van der Waals surface area (Å²) in [5.41, 5.74) is 18.8. The van der Waals surface area contributed by atoms with Gasteiger partial charge in [-0.1, -0.05) is 308 Å². The van der Waals surface area contributed by atoms with Crippen LogP contribution in [0.15, 0.2) is 368 Å². The van der Waals surface area contributed by atoms with Gasteiger partial charge in [0.1, 0.15) is 23.3 Å². The van der Waals surface area contributed by atoms with Crippen LogP contribution in [0.4, 0.5) is 46.0 Å². The van der Waals surface area contributed by atoms with Gasteiger partial charge in [-0.15, -0.1) is 0 Å². The van der Waals surface area contributed by atoms with Crippen molar-refractivity contribution in [1.82, 2.24) is 0 Å².